The summed E-state index contributed by atoms with van der Waals surface area (Å²) >= 11 is 0. The first-order valence-electron chi connectivity index (χ1n) is 8.28. The molecule has 124 valence electrons. The number of rotatable bonds is 5. The van der Waals surface area contributed by atoms with E-state index in [1.165, 1.54) is 11.1 Å². The van der Waals surface area contributed by atoms with Gasteiger partial charge in [-0.05, 0) is 56.0 Å². The van der Waals surface area contributed by atoms with Crippen LogP contribution in [0.25, 0.3) is 0 Å². The summed E-state index contributed by atoms with van der Waals surface area (Å²) < 4.78 is 0. The van der Waals surface area contributed by atoms with Crippen LogP contribution in [0.4, 0.5) is 5.69 Å². The molecule has 0 radical (unpaired) electrons. The van der Waals surface area contributed by atoms with E-state index in [9.17, 15) is 9.59 Å². The van der Waals surface area contributed by atoms with Gasteiger partial charge < -0.3 is 10.6 Å². The Hall–Kier alpha value is -2.62. The van der Waals surface area contributed by atoms with E-state index in [2.05, 4.69) is 23.6 Å². The van der Waals surface area contributed by atoms with Crippen molar-refractivity contribution in [2.75, 3.05) is 5.32 Å². The molecule has 0 bridgehead atoms. The van der Waals surface area contributed by atoms with Crippen molar-refractivity contribution in [3.05, 3.63) is 64.7 Å². The van der Waals surface area contributed by atoms with Crippen molar-refractivity contribution < 1.29 is 9.59 Å². The molecule has 1 aliphatic rings. The molecule has 2 amide bonds. The van der Waals surface area contributed by atoms with Crippen LogP contribution in [0.2, 0.25) is 0 Å². The van der Waals surface area contributed by atoms with Gasteiger partial charge in [0.05, 0.1) is 0 Å². The molecule has 1 fully saturated rings. The second-order valence-corrected chi connectivity index (χ2v) is 6.46. The summed E-state index contributed by atoms with van der Waals surface area (Å²) in [7, 11) is 0. The van der Waals surface area contributed by atoms with Crippen LogP contribution in [0.3, 0.4) is 0 Å². The highest BCUT2D eigenvalue weighted by Gasteiger charge is 2.29. The van der Waals surface area contributed by atoms with E-state index >= 15 is 0 Å². The average Bonchev–Trinajstić information content (AvgIpc) is 3.39. The predicted molar refractivity (Wildman–Crippen MR) is 94.9 cm³/mol. The van der Waals surface area contributed by atoms with Crippen molar-refractivity contribution in [1.82, 2.24) is 5.32 Å². The summed E-state index contributed by atoms with van der Waals surface area (Å²) in [6, 6.07) is 13.3. The van der Waals surface area contributed by atoms with Crippen LogP contribution < -0.4 is 10.6 Å². The third kappa shape index (κ3) is 4.02. The van der Waals surface area contributed by atoms with Gasteiger partial charge >= 0.3 is 0 Å². The molecular formula is C20H22N2O2. The maximum Gasteiger partial charge on any atom is 0.251 e. The minimum atomic E-state index is -0.141. The lowest BCUT2D eigenvalue weighted by Gasteiger charge is -2.10. The van der Waals surface area contributed by atoms with Crippen molar-refractivity contribution >= 4 is 17.5 Å². The Bertz CT molecular complexity index is 779. The number of hydrogen-bond donors (Lipinski definition) is 2. The zero-order valence-corrected chi connectivity index (χ0v) is 14.1. The van der Waals surface area contributed by atoms with E-state index < -0.39 is 0 Å². The van der Waals surface area contributed by atoms with E-state index in [1.807, 2.05) is 19.1 Å². The third-order valence-corrected chi connectivity index (χ3v) is 4.28. The largest absolute Gasteiger partial charge is 0.348 e. The quantitative estimate of drug-likeness (QED) is 0.884. The van der Waals surface area contributed by atoms with Gasteiger partial charge in [-0.3, -0.25) is 9.59 Å². The highest BCUT2D eigenvalue weighted by Crippen LogP contribution is 2.30. The number of hydrogen-bond acceptors (Lipinski definition) is 2. The number of carbonyl (C=O) groups excluding carboxylic acids is 2. The Morgan fingerprint density at radius 3 is 2.58 bits per heavy atom. The number of nitrogens with one attached hydrogen (secondary N) is 2. The van der Waals surface area contributed by atoms with E-state index in [1.54, 1.807) is 24.3 Å². The van der Waals surface area contributed by atoms with Gasteiger partial charge in [-0.25, -0.2) is 0 Å². The van der Waals surface area contributed by atoms with E-state index in [4.69, 9.17) is 0 Å². The molecule has 4 heteroatoms. The molecule has 0 saturated heterocycles. The minimum Gasteiger partial charge on any atom is -0.348 e. The lowest BCUT2D eigenvalue weighted by molar-refractivity contribution is -0.117. The van der Waals surface area contributed by atoms with Crippen LogP contribution in [0, 0.1) is 19.8 Å². The molecule has 24 heavy (non-hydrogen) atoms. The fourth-order valence-corrected chi connectivity index (χ4v) is 2.65. The van der Waals surface area contributed by atoms with Crippen LogP contribution >= 0.6 is 0 Å². The molecule has 2 aromatic rings. The van der Waals surface area contributed by atoms with Crippen molar-refractivity contribution in [3.63, 3.8) is 0 Å². The molecule has 2 N–H and O–H groups in total. The SMILES string of the molecule is Cc1ccc(CNC(=O)c2cccc(NC(=O)C3CC3)c2)c(C)c1. The lowest BCUT2D eigenvalue weighted by Crippen LogP contribution is -2.23. The maximum atomic E-state index is 12.4. The second kappa shape index (κ2) is 6.87. The normalized spacial score (nSPS) is 13.4. The fraction of sp³-hybridized carbons (Fsp3) is 0.300. The Kier molecular flexibility index (Phi) is 4.65. The molecule has 1 saturated carbocycles. The first-order valence-corrected chi connectivity index (χ1v) is 8.28. The van der Waals surface area contributed by atoms with Crippen LogP contribution in [-0.2, 0) is 11.3 Å². The Labute approximate surface area is 142 Å². The monoisotopic (exact) mass is 322 g/mol. The summed E-state index contributed by atoms with van der Waals surface area (Å²) in [6.07, 6.45) is 1.92. The Balaban J connectivity index is 1.63. The summed E-state index contributed by atoms with van der Waals surface area (Å²) in [6.45, 7) is 4.59. The number of anilines is 1. The van der Waals surface area contributed by atoms with Crippen LogP contribution in [0.5, 0.6) is 0 Å². The fourth-order valence-electron chi connectivity index (χ4n) is 2.65. The third-order valence-electron chi connectivity index (χ3n) is 4.28. The van der Waals surface area contributed by atoms with Crippen LogP contribution in [0.15, 0.2) is 42.5 Å². The molecule has 0 aliphatic heterocycles. The van der Waals surface area contributed by atoms with Crippen LogP contribution in [-0.4, -0.2) is 11.8 Å². The molecule has 4 nitrogen and oxygen atoms in total. The lowest BCUT2D eigenvalue weighted by atomic mass is 10.1. The average molecular weight is 322 g/mol. The van der Waals surface area contributed by atoms with Gasteiger partial charge in [-0.1, -0.05) is 29.8 Å². The Morgan fingerprint density at radius 2 is 1.88 bits per heavy atom. The second-order valence-electron chi connectivity index (χ2n) is 6.46. The molecule has 2 aromatic carbocycles. The maximum absolute atomic E-state index is 12.4. The predicted octanol–water partition coefficient (Wildman–Crippen LogP) is 3.58. The molecule has 0 aromatic heterocycles. The number of benzene rings is 2. The zero-order chi connectivity index (χ0) is 17.1. The van der Waals surface area contributed by atoms with Crippen LogP contribution in [0.1, 0.15) is 39.9 Å². The van der Waals surface area contributed by atoms with Crippen molar-refractivity contribution in [2.24, 2.45) is 5.92 Å². The van der Waals surface area contributed by atoms with Gasteiger partial charge in [-0.15, -0.1) is 0 Å². The Morgan fingerprint density at radius 1 is 1.08 bits per heavy atom. The van der Waals surface area contributed by atoms with Crippen molar-refractivity contribution in [3.8, 4) is 0 Å². The van der Waals surface area contributed by atoms with Gasteiger partial charge in [-0.2, -0.15) is 0 Å². The molecule has 0 heterocycles. The topological polar surface area (TPSA) is 58.2 Å². The van der Waals surface area contributed by atoms with Gasteiger partial charge in [0.1, 0.15) is 0 Å². The van der Waals surface area contributed by atoms with Gasteiger partial charge in [0.25, 0.3) is 5.91 Å². The zero-order valence-electron chi connectivity index (χ0n) is 14.1. The molecule has 0 spiro atoms. The van der Waals surface area contributed by atoms with Crippen molar-refractivity contribution in [1.29, 1.82) is 0 Å². The van der Waals surface area contributed by atoms with Gasteiger partial charge in [0.15, 0.2) is 0 Å². The molecule has 0 atom stereocenters. The first-order chi connectivity index (χ1) is 11.5. The summed E-state index contributed by atoms with van der Waals surface area (Å²) in [4.78, 5) is 24.2. The number of amides is 2. The molecular weight excluding hydrogens is 300 g/mol. The van der Waals surface area contributed by atoms with Gasteiger partial charge in [0, 0.05) is 23.7 Å². The van der Waals surface area contributed by atoms with Gasteiger partial charge in [0.2, 0.25) is 5.91 Å². The summed E-state index contributed by atoms with van der Waals surface area (Å²) in [5, 5.41) is 5.81. The smallest absolute Gasteiger partial charge is 0.251 e. The standard InChI is InChI=1S/C20H22N2O2/c1-13-6-7-17(14(2)10-13)12-21-19(23)16-4-3-5-18(11-16)22-20(24)15-8-9-15/h3-7,10-11,15H,8-9,12H2,1-2H3,(H,21,23)(H,22,24). The van der Waals surface area contributed by atoms with E-state index in [-0.39, 0.29) is 17.7 Å². The highest BCUT2D eigenvalue weighted by atomic mass is 16.2. The first kappa shape index (κ1) is 16.2. The number of carbonyl (C=O) groups is 2. The molecule has 1 aliphatic carbocycles. The van der Waals surface area contributed by atoms with E-state index in [0.717, 1.165) is 18.4 Å². The number of aryl methyl sites for hydroxylation is 2. The molecule has 3 rings (SSSR count). The highest BCUT2D eigenvalue weighted by molar-refractivity contribution is 5.98. The molecule has 0 unspecified atom stereocenters. The van der Waals surface area contributed by atoms with Crippen molar-refractivity contribution in [2.45, 2.75) is 33.2 Å². The minimum absolute atomic E-state index is 0.0443. The summed E-state index contributed by atoms with van der Waals surface area (Å²) in [5.41, 5.74) is 4.70. The van der Waals surface area contributed by atoms with E-state index in [0.29, 0.717) is 17.8 Å². The summed E-state index contributed by atoms with van der Waals surface area (Å²) in [5.74, 6) is 0.0485.